The van der Waals surface area contributed by atoms with E-state index >= 15 is 0 Å². The molecule has 3 saturated carbocycles. The fraction of sp³-hybridized carbons (Fsp3) is 0.591. The van der Waals surface area contributed by atoms with Crippen molar-refractivity contribution in [2.24, 2.45) is 5.92 Å². The fourth-order valence-electron chi connectivity index (χ4n) is 8.78. The van der Waals surface area contributed by atoms with Gasteiger partial charge in [0.15, 0.2) is 0 Å². The van der Waals surface area contributed by atoms with Gasteiger partial charge >= 0.3 is 6.03 Å². The number of carbonyl (C=O) groups excluding carboxylic acids is 4. The number of amides is 5. The Morgan fingerprint density at radius 2 is 1.87 bits per heavy atom. The molecule has 4 heterocycles. The molecule has 0 bridgehead atoms. The molecule has 3 N–H and O–H groups in total. The van der Waals surface area contributed by atoms with E-state index in [0.29, 0.717) is 67.3 Å². The summed E-state index contributed by atoms with van der Waals surface area (Å²) in [7, 11) is -2.30. The highest BCUT2D eigenvalue weighted by Crippen LogP contribution is 2.47. The third kappa shape index (κ3) is 8.95. The Morgan fingerprint density at radius 1 is 1.08 bits per heavy atom. The Labute approximate surface area is 361 Å². The molecule has 15 nitrogen and oxygen atoms in total. The Balaban J connectivity index is 1.14. The monoisotopic (exact) mass is 875 g/mol. The molecule has 2 aromatic heterocycles. The number of fused-ring (bicyclic) bond motifs is 3. The summed E-state index contributed by atoms with van der Waals surface area (Å²) in [5.41, 5.74) is 1.68. The summed E-state index contributed by atoms with van der Waals surface area (Å²) < 4.78 is 40.7. The molecule has 61 heavy (non-hydrogen) atoms. The molecule has 1 saturated heterocycles. The van der Waals surface area contributed by atoms with E-state index in [1.807, 2.05) is 58.0 Å². The summed E-state index contributed by atoms with van der Waals surface area (Å²) in [5, 5.41) is 8.88. The maximum atomic E-state index is 14.9. The molecular weight excluding hydrogens is 819 g/mol. The molecule has 328 valence electrons. The van der Waals surface area contributed by atoms with Crippen LogP contribution >= 0.6 is 11.3 Å². The first-order chi connectivity index (χ1) is 29.2. The highest BCUT2D eigenvalue weighted by Gasteiger charge is 2.62. The predicted octanol–water partition coefficient (Wildman–Crippen LogP) is 5.71. The van der Waals surface area contributed by atoms with Crippen LogP contribution in [0.15, 0.2) is 35.7 Å². The van der Waals surface area contributed by atoms with Gasteiger partial charge in [-0.1, -0.05) is 25.0 Å². The molecule has 5 aliphatic rings. The van der Waals surface area contributed by atoms with Crippen molar-refractivity contribution in [1.29, 1.82) is 0 Å². The highest BCUT2D eigenvalue weighted by molar-refractivity contribution is 7.91. The van der Waals surface area contributed by atoms with Crippen LogP contribution in [0.3, 0.4) is 0 Å². The van der Waals surface area contributed by atoms with E-state index in [4.69, 9.17) is 19.4 Å². The Kier molecular flexibility index (Phi) is 12.1. The first kappa shape index (κ1) is 42.9. The minimum Gasteiger partial charge on any atom is -0.496 e. The van der Waals surface area contributed by atoms with Crippen LogP contribution in [0.25, 0.3) is 21.6 Å². The summed E-state index contributed by atoms with van der Waals surface area (Å²) in [6.07, 6.45) is 9.98. The van der Waals surface area contributed by atoms with Crippen LogP contribution in [-0.2, 0) is 24.4 Å². The number of thiazole rings is 1. The molecule has 3 aliphatic carbocycles. The van der Waals surface area contributed by atoms with E-state index in [2.05, 4.69) is 20.7 Å². The largest absolute Gasteiger partial charge is 0.496 e. The van der Waals surface area contributed by atoms with Crippen molar-refractivity contribution in [2.45, 2.75) is 139 Å². The molecular formula is C44H57N7O8S2. The number of aromatic nitrogens is 2. The number of sulfonamides is 1. The summed E-state index contributed by atoms with van der Waals surface area (Å²) in [5.74, 6) is -0.586. The van der Waals surface area contributed by atoms with E-state index in [1.54, 1.807) is 12.0 Å². The number of rotatable bonds is 11. The van der Waals surface area contributed by atoms with Crippen LogP contribution in [0, 0.1) is 12.8 Å². The second kappa shape index (κ2) is 17.2. The zero-order chi connectivity index (χ0) is 43.2. The molecule has 17 heteroatoms. The number of carbonyl (C=O) groups is 4. The number of nitrogens with zero attached hydrogens (tertiary/aromatic N) is 4. The lowest BCUT2D eigenvalue weighted by atomic mass is 10.0. The van der Waals surface area contributed by atoms with Gasteiger partial charge in [-0.25, -0.2) is 23.2 Å². The normalized spacial score (nSPS) is 26.4. The average molecular weight is 876 g/mol. The standard InChI is InChI=1S/C44H57N7O8S2/c1-6-50(25(2)3)43(55)47-32-13-11-9-7-8-10-12-28-22-44(28,42(54)49-61(56,57)30-16-17-30)48-39(52)35-20-29(23-51(35)41(32)53)59-37-21-33(40-46-34(24-60-40)27-14-15-27)45-38-26(4)36(58-5)19-18-31(37)38/h10,12,18-19,21,24-25,27-30,32,35H,6-9,11,13-17,20,22-23H2,1-5H3,(H,47,55)(H,48,52)(H,49,54)/b12-10+/t28-,29-,32+,35+,44-/m1/s1. The first-order valence-electron chi connectivity index (χ1n) is 21.8. The maximum Gasteiger partial charge on any atom is 0.318 e. The van der Waals surface area contributed by atoms with Crippen molar-refractivity contribution < 1.29 is 37.1 Å². The molecule has 4 fully saturated rings. The van der Waals surface area contributed by atoms with Gasteiger partial charge in [0.25, 0.3) is 5.91 Å². The van der Waals surface area contributed by atoms with Gasteiger partial charge in [0.05, 0.1) is 30.1 Å². The van der Waals surface area contributed by atoms with Crippen molar-refractivity contribution in [2.75, 3.05) is 20.2 Å². The number of aryl methyl sites for hydroxylation is 1. The number of allylic oxidation sites excluding steroid dienone is 1. The van der Waals surface area contributed by atoms with Gasteiger partial charge in [0.1, 0.15) is 45.9 Å². The summed E-state index contributed by atoms with van der Waals surface area (Å²) >= 11 is 1.53. The number of urea groups is 1. The van der Waals surface area contributed by atoms with Gasteiger partial charge in [0, 0.05) is 53.2 Å². The smallest absolute Gasteiger partial charge is 0.318 e. The Hall–Kier alpha value is -4.77. The zero-order valence-electron chi connectivity index (χ0n) is 35.6. The minimum absolute atomic E-state index is 0.0148. The molecule has 5 amide bonds. The van der Waals surface area contributed by atoms with Crippen LogP contribution in [0.4, 0.5) is 4.79 Å². The van der Waals surface area contributed by atoms with E-state index in [-0.39, 0.29) is 31.5 Å². The van der Waals surface area contributed by atoms with E-state index in [0.717, 1.165) is 47.3 Å². The molecule has 3 aromatic rings. The van der Waals surface area contributed by atoms with Gasteiger partial charge in [-0.05, 0) is 91.2 Å². The van der Waals surface area contributed by atoms with Crippen LogP contribution < -0.4 is 24.8 Å². The second-order valence-electron chi connectivity index (χ2n) is 17.5. The number of hydrogen-bond donors (Lipinski definition) is 3. The van der Waals surface area contributed by atoms with Crippen molar-refractivity contribution in [1.82, 2.24) is 35.1 Å². The number of methoxy groups -OCH3 is 1. The van der Waals surface area contributed by atoms with Crippen LogP contribution in [-0.4, -0.2) is 107 Å². The Bertz CT molecular complexity index is 2340. The van der Waals surface area contributed by atoms with Gasteiger partial charge in [-0.15, -0.1) is 11.3 Å². The summed E-state index contributed by atoms with van der Waals surface area (Å²) in [4.78, 5) is 70.2. The molecule has 0 unspecified atom stereocenters. The maximum absolute atomic E-state index is 14.9. The summed E-state index contributed by atoms with van der Waals surface area (Å²) in [6.45, 7) is 8.10. The van der Waals surface area contributed by atoms with Crippen molar-refractivity contribution in [3.8, 4) is 22.2 Å². The second-order valence-corrected chi connectivity index (χ2v) is 20.3. The first-order valence-corrected chi connectivity index (χ1v) is 24.2. The highest BCUT2D eigenvalue weighted by atomic mass is 32.2. The van der Waals surface area contributed by atoms with Crippen molar-refractivity contribution >= 4 is 56.0 Å². The fourth-order valence-corrected chi connectivity index (χ4v) is 11.0. The van der Waals surface area contributed by atoms with E-state index < -0.39 is 62.6 Å². The van der Waals surface area contributed by atoms with E-state index in [1.165, 1.54) is 16.2 Å². The van der Waals surface area contributed by atoms with E-state index in [9.17, 15) is 27.6 Å². The molecule has 2 aliphatic heterocycles. The molecule has 1 aromatic carbocycles. The average Bonchev–Trinajstić information content (AvgIpc) is 4.18. The van der Waals surface area contributed by atoms with Gasteiger partial charge < -0.3 is 29.9 Å². The quantitative estimate of drug-likeness (QED) is 0.201. The third-order valence-corrected chi connectivity index (χ3v) is 15.5. The van der Waals surface area contributed by atoms with Crippen LogP contribution in [0.1, 0.15) is 109 Å². The molecule has 0 spiro atoms. The number of hydrogen-bond acceptors (Lipinski definition) is 11. The summed E-state index contributed by atoms with van der Waals surface area (Å²) in [6, 6.07) is 3.09. The lowest BCUT2D eigenvalue weighted by molar-refractivity contribution is -0.141. The van der Waals surface area contributed by atoms with Crippen molar-refractivity contribution in [3.05, 3.63) is 47.0 Å². The molecule has 0 radical (unpaired) electrons. The zero-order valence-corrected chi connectivity index (χ0v) is 37.2. The molecule has 8 rings (SSSR count). The SMILES string of the molecule is CCN(C(=O)N[C@H]1CCCCC/C=C/[C@@H]2C[C@@]2(C(=O)NS(=O)(=O)C2CC2)NC(=O)[C@@H]2C[C@@H](Oc3cc(-c4nc(C5CC5)cs4)nc4c(C)c(OC)ccc34)CN2C1=O)C(C)C. The molecule has 5 atom stereocenters. The number of pyridine rings is 1. The number of benzene rings is 1. The number of nitrogens with one attached hydrogen (secondary N) is 3. The minimum atomic E-state index is -3.90. The lowest BCUT2D eigenvalue weighted by Crippen LogP contribution is -2.59. The van der Waals surface area contributed by atoms with Gasteiger partial charge in [0.2, 0.25) is 21.8 Å². The van der Waals surface area contributed by atoms with Crippen LogP contribution in [0.2, 0.25) is 0 Å². The lowest BCUT2D eigenvalue weighted by Gasteiger charge is -2.32. The van der Waals surface area contributed by atoms with Gasteiger partial charge in [-0.2, -0.15) is 0 Å². The number of ether oxygens (including phenoxy) is 2. The Morgan fingerprint density at radius 3 is 2.57 bits per heavy atom. The van der Waals surface area contributed by atoms with Gasteiger partial charge in [-0.3, -0.25) is 19.1 Å². The third-order valence-electron chi connectivity index (χ3n) is 12.8. The van der Waals surface area contributed by atoms with Crippen LogP contribution in [0.5, 0.6) is 11.5 Å². The van der Waals surface area contributed by atoms with Crippen molar-refractivity contribution in [3.63, 3.8) is 0 Å². The predicted molar refractivity (Wildman–Crippen MR) is 232 cm³/mol. The topological polar surface area (TPSA) is 189 Å².